The van der Waals surface area contributed by atoms with Gasteiger partial charge in [0.2, 0.25) is 11.9 Å². The van der Waals surface area contributed by atoms with Gasteiger partial charge in [0.15, 0.2) is 0 Å². The summed E-state index contributed by atoms with van der Waals surface area (Å²) in [5.74, 6) is 5.73. The van der Waals surface area contributed by atoms with E-state index in [0.29, 0.717) is 0 Å². The maximum absolute atomic E-state index is 11.1. The largest absolute Gasteiger partial charge is 0.353 e. The third-order valence-electron chi connectivity index (χ3n) is 2.13. The van der Waals surface area contributed by atoms with Crippen molar-refractivity contribution in [2.45, 2.75) is 0 Å². The number of nitrogen functional groups attached to an aromatic ring is 1. The van der Waals surface area contributed by atoms with E-state index in [1.54, 1.807) is 0 Å². The maximum Gasteiger partial charge on any atom is 0.258 e. The maximum atomic E-state index is 11.1. The summed E-state index contributed by atoms with van der Waals surface area (Å²) in [5, 5.41) is 6.66. The number of anilines is 2. The molecule has 0 spiro atoms. The Morgan fingerprint density at radius 3 is 2.65 bits per heavy atom. The van der Waals surface area contributed by atoms with Crippen molar-refractivity contribution >= 4 is 21.7 Å². The SMILES string of the molecule is CS(=O)(=O)CCNc1nc(NN)nc(-n2cncn2)n1. The van der Waals surface area contributed by atoms with E-state index in [1.165, 1.54) is 17.3 Å². The number of rotatable bonds is 6. The smallest absolute Gasteiger partial charge is 0.258 e. The van der Waals surface area contributed by atoms with Crippen molar-refractivity contribution in [1.82, 2.24) is 29.7 Å². The summed E-state index contributed by atoms with van der Waals surface area (Å²) < 4.78 is 23.4. The van der Waals surface area contributed by atoms with Crippen molar-refractivity contribution in [3.8, 4) is 5.95 Å². The molecule has 0 saturated carbocycles. The third-order valence-corrected chi connectivity index (χ3v) is 3.08. The molecule has 2 rings (SSSR count). The molecule has 0 saturated heterocycles. The topological polar surface area (TPSA) is 154 Å². The van der Waals surface area contributed by atoms with Crippen LogP contribution in [0.3, 0.4) is 0 Å². The Kier molecular flexibility index (Phi) is 4.05. The highest BCUT2D eigenvalue weighted by Gasteiger charge is 2.09. The van der Waals surface area contributed by atoms with Gasteiger partial charge in [0.1, 0.15) is 22.5 Å². The first kappa shape index (κ1) is 14.1. The van der Waals surface area contributed by atoms with Gasteiger partial charge in [-0.05, 0) is 0 Å². The van der Waals surface area contributed by atoms with E-state index in [0.717, 1.165) is 6.26 Å². The zero-order valence-electron chi connectivity index (χ0n) is 10.6. The minimum Gasteiger partial charge on any atom is -0.353 e. The summed E-state index contributed by atoms with van der Waals surface area (Å²) in [6, 6.07) is 0. The number of hydrazine groups is 1. The van der Waals surface area contributed by atoms with Gasteiger partial charge in [-0.25, -0.2) is 19.2 Å². The van der Waals surface area contributed by atoms with Crippen LogP contribution in [-0.4, -0.2) is 56.7 Å². The van der Waals surface area contributed by atoms with Gasteiger partial charge in [-0.15, -0.1) is 0 Å². The summed E-state index contributed by atoms with van der Waals surface area (Å²) in [7, 11) is -3.06. The fourth-order valence-electron chi connectivity index (χ4n) is 1.27. The number of nitrogens with two attached hydrogens (primary N) is 1. The average molecular weight is 299 g/mol. The van der Waals surface area contributed by atoms with Crippen molar-refractivity contribution in [2.75, 3.05) is 29.3 Å². The molecule has 20 heavy (non-hydrogen) atoms. The first-order valence-corrected chi connectivity index (χ1v) is 7.53. The van der Waals surface area contributed by atoms with Gasteiger partial charge in [-0.2, -0.15) is 24.7 Å². The van der Waals surface area contributed by atoms with Crippen molar-refractivity contribution in [2.24, 2.45) is 5.84 Å². The van der Waals surface area contributed by atoms with Crippen LogP contribution in [0.5, 0.6) is 0 Å². The lowest BCUT2D eigenvalue weighted by Crippen LogP contribution is -2.19. The van der Waals surface area contributed by atoms with Crippen molar-refractivity contribution in [3.05, 3.63) is 12.7 Å². The van der Waals surface area contributed by atoms with Crippen LogP contribution in [0.1, 0.15) is 0 Å². The summed E-state index contributed by atoms with van der Waals surface area (Å²) in [5.41, 5.74) is 2.29. The molecule has 4 N–H and O–H groups in total. The van der Waals surface area contributed by atoms with E-state index in [2.05, 4.69) is 35.8 Å². The highest BCUT2D eigenvalue weighted by atomic mass is 32.2. The summed E-state index contributed by atoms with van der Waals surface area (Å²) in [4.78, 5) is 15.8. The van der Waals surface area contributed by atoms with E-state index in [4.69, 9.17) is 5.84 Å². The van der Waals surface area contributed by atoms with Gasteiger partial charge in [-0.1, -0.05) is 0 Å². The lowest BCUT2D eigenvalue weighted by Gasteiger charge is -2.07. The summed E-state index contributed by atoms with van der Waals surface area (Å²) >= 11 is 0. The first-order chi connectivity index (χ1) is 9.48. The lowest BCUT2D eigenvalue weighted by atomic mass is 10.7. The molecule has 2 aromatic heterocycles. The molecule has 2 aromatic rings. The molecular weight excluding hydrogens is 286 g/mol. The number of nitrogens with zero attached hydrogens (tertiary/aromatic N) is 6. The van der Waals surface area contributed by atoms with E-state index in [1.807, 2.05) is 0 Å². The number of sulfone groups is 1. The van der Waals surface area contributed by atoms with Crippen LogP contribution in [0.25, 0.3) is 5.95 Å². The minimum atomic E-state index is -3.06. The van der Waals surface area contributed by atoms with Crippen LogP contribution in [0, 0.1) is 0 Å². The Labute approximate surface area is 114 Å². The van der Waals surface area contributed by atoms with Gasteiger partial charge in [0.25, 0.3) is 5.95 Å². The first-order valence-electron chi connectivity index (χ1n) is 5.47. The zero-order valence-corrected chi connectivity index (χ0v) is 11.4. The van der Waals surface area contributed by atoms with Gasteiger partial charge >= 0.3 is 0 Å². The molecule has 0 bridgehead atoms. The Bertz CT molecular complexity index is 669. The predicted molar refractivity (Wildman–Crippen MR) is 70.8 cm³/mol. The van der Waals surface area contributed by atoms with Gasteiger partial charge in [-0.3, -0.25) is 5.43 Å². The highest BCUT2D eigenvalue weighted by Crippen LogP contribution is 2.07. The molecule has 108 valence electrons. The zero-order chi connectivity index (χ0) is 14.6. The average Bonchev–Trinajstić information content (AvgIpc) is 2.90. The second kappa shape index (κ2) is 5.75. The molecule has 0 aromatic carbocycles. The van der Waals surface area contributed by atoms with Gasteiger partial charge in [0, 0.05) is 12.8 Å². The molecule has 0 aliphatic heterocycles. The minimum absolute atomic E-state index is 0.0390. The number of hydrogen-bond donors (Lipinski definition) is 3. The highest BCUT2D eigenvalue weighted by molar-refractivity contribution is 7.90. The van der Waals surface area contributed by atoms with Crippen molar-refractivity contribution in [1.29, 1.82) is 0 Å². The van der Waals surface area contributed by atoms with Crippen LogP contribution in [0.4, 0.5) is 11.9 Å². The van der Waals surface area contributed by atoms with Gasteiger partial charge in [0.05, 0.1) is 5.75 Å². The number of aromatic nitrogens is 6. The Balaban J connectivity index is 2.18. The van der Waals surface area contributed by atoms with Crippen LogP contribution < -0.4 is 16.6 Å². The van der Waals surface area contributed by atoms with Crippen LogP contribution in [0.15, 0.2) is 12.7 Å². The van der Waals surface area contributed by atoms with Crippen LogP contribution in [0.2, 0.25) is 0 Å². The monoisotopic (exact) mass is 299 g/mol. The van der Waals surface area contributed by atoms with Crippen LogP contribution in [-0.2, 0) is 9.84 Å². The molecule has 11 nitrogen and oxygen atoms in total. The Hall–Kier alpha value is -2.34. The van der Waals surface area contributed by atoms with Gasteiger partial charge < -0.3 is 5.32 Å². The second-order valence-electron chi connectivity index (χ2n) is 3.82. The second-order valence-corrected chi connectivity index (χ2v) is 6.08. The lowest BCUT2D eigenvalue weighted by molar-refractivity contribution is 0.602. The Morgan fingerprint density at radius 2 is 2.05 bits per heavy atom. The van der Waals surface area contributed by atoms with Crippen molar-refractivity contribution < 1.29 is 8.42 Å². The van der Waals surface area contributed by atoms with E-state index in [9.17, 15) is 8.42 Å². The molecule has 0 radical (unpaired) electrons. The molecule has 2 heterocycles. The van der Waals surface area contributed by atoms with E-state index in [-0.39, 0.29) is 30.1 Å². The van der Waals surface area contributed by atoms with E-state index >= 15 is 0 Å². The van der Waals surface area contributed by atoms with Crippen molar-refractivity contribution in [3.63, 3.8) is 0 Å². The predicted octanol–water partition coefficient (Wildman–Crippen LogP) is -1.81. The third kappa shape index (κ3) is 3.83. The fraction of sp³-hybridized carbons (Fsp3) is 0.375. The number of nitrogens with one attached hydrogen (secondary N) is 2. The summed E-state index contributed by atoms with van der Waals surface area (Å²) in [6.45, 7) is 0.170. The standard InChI is InChI=1S/C8H13N9O2S/c1-20(18,19)3-2-11-6-13-7(16-9)15-8(14-6)17-5-10-4-12-17/h4-5H,2-3,9H2,1H3,(H2,11,13,14,15,16). The molecule has 0 atom stereocenters. The molecule has 12 heteroatoms. The quantitative estimate of drug-likeness (QED) is 0.411. The Morgan fingerprint density at radius 1 is 1.30 bits per heavy atom. The molecule has 0 fully saturated rings. The van der Waals surface area contributed by atoms with E-state index < -0.39 is 9.84 Å². The van der Waals surface area contributed by atoms with Crippen LogP contribution >= 0.6 is 0 Å². The molecule has 0 aliphatic carbocycles. The molecule has 0 unspecified atom stereocenters. The number of hydrogen-bond acceptors (Lipinski definition) is 10. The normalized spacial score (nSPS) is 11.3. The molecule has 0 aliphatic rings. The summed E-state index contributed by atoms with van der Waals surface area (Å²) in [6.07, 6.45) is 3.89. The molecule has 0 amide bonds. The fourth-order valence-corrected chi connectivity index (χ4v) is 1.74. The molecular formula is C8H13N9O2S.